The number of hydrogen-bond acceptors (Lipinski definition) is 1. The van der Waals surface area contributed by atoms with Gasteiger partial charge < -0.3 is 4.90 Å². The van der Waals surface area contributed by atoms with E-state index in [1.165, 1.54) is 0 Å². The molecule has 1 nitrogen and oxygen atoms in total. The van der Waals surface area contributed by atoms with Crippen molar-refractivity contribution in [3.05, 3.63) is 0 Å². The molecule has 0 spiro atoms. The molecule has 1 saturated carbocycles. The lowest BCUT2D eigenvalue weighted by atomic mass is 9.73. The summed E-state index contributed by atoms with van der Waals surface area (Å²) in [6.07, 6.45) is 1.41. The SMILES string of the molecule is CC.CN1CCC(C2CC(F)(F)C2)C1. The first kappa shape index (κ1) is 11.9. The second-order valence-corrected chi connectivity index (χ2v) is 4.34. The molecule has 1 aliphatic heterocycles. The Kier molecular flexibility index (Phi) is 3.87. The zero-order chi connectivity index (χ0) is 10.8. The zero-order valence-corrected chi connectivity index (χ0v) is 9.39. The van der Waals surface area contributed by atoms with E-state index in [0.29, 0.717) is 11.8 Å². The number of nitrogens with zero attached hydrogens (tertiary/aromatic N) is 1. The van der Waals surface area contributed by atoms with Crippen molar-refractivity contribution in [2.24, 2.45) is 11.8 Å². The molecule has 1 unspecified atom stereocenters. The van der Waals surface area contributed by atoms with E-state index < -0.39 is 5.92 Å². The average Bonchev–Trinajstić information content (AvgIpc) is 2.51. The molecule has 0 amide bonds. The van der Waals surface area contributed by atoms with E-state index in [9.17, 15) is 8.78 Å². The van der Waals surface area contributed by atoms with Crippen molar-refractivity contribution < 1.29 is 8.78 Å². The largest absolute Gasteiger partial charge is 0.306 e. The molecular weight excluding hydrogens is 184 g/mol. The Morgan fingerprint density at radius 3 is 2.07 bits per heavy atom. The van der Waals surface area contributed by atoms with Gasteiger partial charge >= 0.3 is 0 Å². The van der Waals surface area contributed by atoms with Crippen LogP contribution in [-0.4, -0.2) is 31.0 Å². The minimum Gasteiger partial charge on any atom is -0.306 e. The summed E-state index contributed by atoms with van der Waals surface area (Å²) >= 11 is 0. The van der Waals surface area contributed by atoms with E-state index in [1.54, 1.807) is 0 Å². The van der Waals surface area contributed by atoms with Crippen molar-refractivity contribution in [2.45, 2.75) is 39.0 Å². The van der Waals surface area contributed by atoms with Gasteiger partial charge in [-0.05, 0) is 31.8 Å². The first-order chi connectivity index (χ1) is 6.57. The molecule has 0 radical (unpaired) electrons. The van der Waals surface area contributed by atoms with Crippen molar-refractivity contribution in [1.29, 1.82) is 0 Å². The predicted octanol–water partition coefficient (Wildman–Crippen LogP) is 3.01. The maximum atomic E-state index is 12.5. The molecule has 0 N–H and O–H groups in total. The maximum Gasteiger partial charge on any atom is 0.248 e. The fourth-order valence-corrected chi connectivity index (χ4v) is 2.39. The van der Waals surface area contributed by atoms with Crippen LogP contribution in [0.2, 0.25) is 0 Å². The third-order valence-electron chi connectivity index (χ3n) is 3.22. The highest BCUT2D eigenvalue weighted by Crippen LogP contribution is 2.47. The van der Waals surface area contributed by atoms with E-state index in [-0.39, 0.29) is 12.8 Å². The molecule has 0 aromatic rings. The van der Waals surface area contributed by atoms with Gasteiger partial charge in [0.25, 0.3) is 0 Å². The molecular formula is C11H21F2N. The van der Waals surface area contributed by atoms with Gasteiger partial charge in [0, 0.05) is 19.4 Å². The normalized spacial score (nSPS) is 31.9. The van der Waals surface area contributed by atoms with Crippen LogP contribution < -0.4 is 0 Å². The van der Waals surface area contributed by atoms with Crippen LogP contribution in [0.15, 0.2) is 0 Å². The molecule has 0 bridgehead atoms. The summed E-state index contributed by atoms with van der Waals surface area (Å²) in [6, 6.07) is 0. The monoisotopic (exact) mass is 205 g/mol. The van der Waals surface area contributed by atoms with Crippen LogP contribution in [0.4, 0.5) is 8.78 Å². The summed E-state index contributed by atoms with van der Waals surface area (Å²) in [4.78, 5) is 2.24. The third-order valence-corrected chi connectivity index (χ3v) is 3.22. The van der Waals surface area contributed by atoms with Crippen LogP contribution in [0.5, 0.6) is 0 Å². The van der Waals surface area contributed by atoms with E-state index in [1.807, 2.05) is 13.8 Å². The third kappa shape index (κ3) is 2.66. The van der Waals surface area contributed by atoms with Gasteiger partial charge in [0.2, 0.25) is 5.92 Å². The Balaban J connectivity index is 0.000000461. The highest BCUT2D eigenvalue weighted by Gasteiger charge is 2.49. The van der Waals surface area contributed by atoms with Crippen LogP contribution in [0.25, 0.3) is 0 Å². The minimum atomic E-state index is -2.33. The molecule has 3 heteroatoms. The van der Waals surface area contributed by atoms with Crippen molar-refractivity contribution in [3.8, 4) is 0 Å². The Morgan fingerprint density at radius 1 is 1.14 bits per heavy atom. The summed E-state index contributed by atoms with van der Waals surface area (Å²) in [5.41, 5.74) is 0. The van der Waals surface area contributed by atoms with E-state index in [4.69, 9.17) is 0 Å². The highest BCUT2D eigenvalue weighted by atomic mass is 19.3. The zero-order valence-electron chi connectivity index (χ0n) is 9.39. The van der Waals surface area contributed by atoms with Crippen LogP contribution in [0.3, 0.4) is 0 Å². The Labute approximate surface area is 85.5 Å². The molecule has 1 aliphatic carbocycles. The van der Waals surface area contributed by atoms with Crippen LogP contribution in [-0.2, 0) is 0 Å². The van der Waals surface area contributed by atoms with Crippen molar-refractivity contribution in [3.63, 3.8) is 0 Å². The fraction of sp³-hybridized carbons (Fsp3) is 1.00. The summed E-state index contributed by atoms with van der Waals surface area (Å²) in [5.74, 6) is -1.47. The molecule has 84 valence electrons. The van der Waals surface area contributed by atoms with E-state index in [0.717, 1.165) is 19.5 Å². The Bertz CT molecular complexity index is 174. The van der Waals surface area contributed by atoms with Gasteiger partial charge in [-0.15, -0.1) is 0 Å². The molecule has 0 aromatic heterocycles. The molecule has 0 aromatic carbocycles. The van der Waals surface area contributed by atoms with Gasteiger partial charge in [-0.25, -0.2) is 8.78 Å². The second-order valence-electron chi connectivity index (χ2n) is 4.34. The van der Waals surface area contributed by atoms with Gasteiger partial charge in [0.15, 0.2) is 0 Å². The number of rotatable bonds is 1. The lowest BCUT2D eigenvalue weighted by Crippen LogP contribution is -2.40. The standard InChI is InChI=1S/C9H15F2N.C2H6/c1-12-3-2-7(6-12)8-4-9(10,11)5-8;1-2/h7-8H,2-6H2,1H3;1-2H3. The number of alkyl halides is 2. The summed E-state index contributed by atoms with van der Waals surface area (Å²) in [7, 11) is 2.07. The molecule has 2 fully saturated rings. The lowest BCUT2D eigenvalue weighted by Gasteiger charge is -2.38. The fourth-order valence-electron chi connectivity index (χ4n) is 2.39. The van der Waals surface area contributed by atoms with Crippen molar-refractivity contribution >= 4 is 0 Å². The topological polar surface area (TPSA) is 3.24 Å². The van der Waals surface area contributed by atoms with E-state index in [2.05, 4.69) is 11.9 Å². The second kappa shape index (κ2) is 4.56. The molecule has 1 heterocycles. The van der Waals surface area contributed by atoms with Crippen LogP contribution >= 0.6 is 0 Å². The molecule has 1 atom stereocenters. The molecule has 2 rings (SSSR count). The molecule has 2 aliphatic rings. The van der Waals surface area contributed by atoms with E-state index >= 15 is 0 Å². The highest BCUT2D eigenvalue weighted by molar-refractivity contribution is 4.92. The van der Waals surface area contributed by atoms with Gasteiger partial charge in [-0.1, -0.05) is 13.8 Å². The maximum absolute atomic E-state index is 12.5. The van der Waals surface area contributed by atoms with Crippen molar-refractivity contribution in [2.75, 3.05) is 20.1 Å². The number of hydrogen-bond donors (Lipinski definition) is 0. The summed E-state index contributed by atoms with van der Waals surface area (Å²) in [5, 5.41) is 0. The van der Waals surface area contributed by atoms with Gasteiger partial charge in [-0.3, -0.25) is 0 Å². The first-order valence-electron chi connectivity index (χ1n) is 5.63. The van der Waals surface area contributed by atoms with Crippen LogP contribution in [0, 0.1) is 11.8 Å². The smallest absolute Gasteiger partial charge is 0.248 e. The quantitative estimate of drug-likeness (QED) is 0.636. The molecule has 14 heavy (non-hydrogen) atoms. The van der Waals surface area contributed by atoms with Gasteiger partial charge in [-0.2, -0.15) is 0 Å². The lowest BCUT2D eigenvalue weighted by molar-refractivity contribution is -0.124. The first-order valence-corrected chi connectivity index (χ1v) is 5.63. The van der Waals surface area contributed by atoms with Crippen LogP contribution in [0.1, 0.15) is 33.1 Å². The average molecular weight is 205 g/mol. The van der Waals surface area contributed by atoms with Gasteiger partial charge in [0.1, 0.15) is 0 Å². The predicted molar refractivity (Wildman–Crippen MR) is 54.6 cm³/mol. The molecule has 1 saturated heterocycles. The summed E-state index contributed by atoms with van der Waals surface area (Å²) in [6.45, 7) is 6.12. The number of likely N-dealkylation sites (tertiary alicyclic amines) is 1. The number of halogens is 2. The minimum absolute atomic E-state index is 0.144. The Hall–Kier alpha value is -0.180. The Morgan fingerprint density at radius 2 is 1.71 bits per heavy atom. The van der Waals surface area contributed by atoms with Gasteiger partial charge in [0.05, 0.1) is 0 Å². The summed E-state index contributed by atoms with van der Waals surface area (Å²) < 4.78 is 25.1. The van der Waals surface area contributed by atoms with Crippen molar-refractivity contribution in [1.82, 2.24) is 4.90 Å².